The topological polar surface area (TPSA) is 110 Å². The molecule has 0 unspecified atom stereocenters. The Bertz CT molecular complexity index is 617. The summed E-state index contributed by atoms with van der Waals surface area (Å²) in [6.07, 6.45) is -0.830. The molecule has 2 amide bonds. The van der Waals surface area contributed by atoms with Gasteiger partial charge in [0.15, 0.2) is 0 Å². The molecule has 7 nitrogen and oxygen atoms in total. The summed E-state index contributed by atoms with van der Waals surface area (Å²) >= 11 is 0. The summed E-state index contributed by atoms with van der Waals surface area (Å²) in [5.74, 6) is -2.32. The van der Waals surface area contributed by atoms with E-state index in [1.807, 2.05) is 30.3 Å². The van der Waals surface area contributed by atoms with Gasteiger partial charge in [0.2, 0.25) is 5.91 Å². The number of aliphatic carboxylic acids is 1. The van der Waals surface area contributed by atoms with Gasteiger partial charge in [-0.1, -0.05) is 44.2 Å². The lowest BCUT2D eigenvalue weighted by Crippen LogP contribution is -2.44. The monoisotopic (exact) mass is 334 g/mol. The minimum atomic E-state index is -1.16. The molecule has 0 aromatic heterocycles. The van der Waals surface area contributed by atoms with Crippen molar-refractivity contribution in [2.75, 3.05) is 6.61 Å². The maximum atomic E-state index is 12.7. The average molecular weight is 334 g/mol. The Morgan fingerprint density at radius 3 is 2.50 bits per heavy atom. The van der Waals surface area contributed by atoms with Crippen LogP contribution in [0, 0.1) is 11.8 Å². The molecule has 3 N–H and O–H groups in total. The fourth-order valence-electron chi connectivity index (χ4n) is 2.88. The average Bonchev–Trinajstić information content (AvgIpc) is 2.94. The molecule has 0 aliphatic carbocycles. The molecular formula is C17H22N2O5. The predicted octanol–water partition coefficient (Wildman–Crippen LogP) is 1.78. The van der Waals surface area contributed by atoms with Crippen LogP contribution in [-0.4, -0.2) is 40.6 Å². The lowest BCUT2D eigenvalue weighted by atomic mass is 9.85. The van der Waals surface area contributed by atoms with E-state index in [9.17, 15) is 14.4 Å². The number of imide groups is 1. The van der Waals surface area contributed by atoms with Crippen molar-refractivity contribution in [1.29, 1.82) is 0 Å². The molecule has 1 heterocycles. The van der Waals surface area contributed by atoms with E-state index >= 15 is 0 Å². The molecule has 7 heteroatoms. The molecular weight excluding hydrogens is 312 g/mol. The summed E-state index contributed by atoms with van der Waals surface area (Å²) in [7, 11) is 0. The predicted molar refractivity (Wildman–Crippen MR) is 85.9 cm³/mol. The van der Waals surface area contributed by atoms with Gasteiger partial charge in [0.1, 0.15) is 18.7 Å². The number of ether oxygens (including phenoxy) is 1. The summed E-state index contributed by atoms with van der Waals surface area (Å²) in [6.45, 7) is 3.70. The number of cyclic esters (lactones) is 1. The molecule has 0 bridgehead atoms. The molecule has 1 fully saturated rings. The Morgan fingerprint density at radius 1 is 1.33 bits per heavy atom. The first-order valence-electron chi connectivity index (χ1n) is 7.85. The van der Waals surface area contributed by atoms with Crippen LogP contribution in [0.25, 0.3) is 0 Å². The summed E-state index contributed by atoms with van der Waals surface area (Å²) in [6, 6.07) is 7.44. The standard InChI is InChI=1S/C17H22N2O5/c1-10(2)12(15(18)16(21)22)8-14(20)19-13(9-24-17(19)23)11-6-4-3-5-7-11/h3-7,10,12-13,15H,8-9,18H2,1-2H3,(H,21,22)/t12-,13-,15+/m0/s1. The van der Waals surface area contributed by atoms with Gasteiger partial charge in [0.25, 0.3) is 0 Å². The van der Waals surface area contributed by atoms with Crippen molar-refractivity contribution in [2.24, 2.45) is 17.6 Å². The maximum Gasteiger partial charge on any atom is 0.417 e. The van der Waals surface area contributed by atoms with E-state index in [2.05, 4.69) is 0 Å². The van der Waals surface area contributed by atoms with Crippen molar-refractivity contribution in [3.05, 3.63) is 35.9 Å². The zero-order valence-electron chi connectivity index (χ0n) is 13.7. The van der Waals surface area contributed by atoms with Gasteiger partial charge >= 0.3 is 12.1 Å². The third kappa shape index (κ3) is 3.73. The van der Waals surface area contributed by atoms with Crippen LogP contribution < -0.4 is 5.73 Å². The van der Waals surface area contributed by atoms with Gasteiger partial charge in [-0.3, -0.25) is 9.59 Å². The maximum absolute atomic E-state index is 12.7. The molecule has 1 aromatic rings. The fraction of sp³-hybridized carbons (Fsp3) is 0.471. The van der Waals surface area contributed by atoms with E-state index in [1.165, 1.54) is 0 Å². The second-order valence-corrected chi connectivity index (χ2v) is 6.24. The normalized spacial score (nSPS) is 19.9. The van der Waals surface area contributed by atoms with Crippen LogP contribution in [0.4, 0.5) is 4.79 Å². The quantitative estimate of drug-likeness (QED) is 0.820. The smallest absolute Gasteiger partial charge is 0.417 e. The molecule has 0 spiro atoms. The van der Waals surface area contributed by atoms with Gasteiger partial charge in [-0.25, -0.2) is 9.69 Å². The van der Waals surface area contributed by atoms with Gasteiger partial charge in [-0.2, -0.15) is 0 Å². The number of carboxylic acids is 1. The SMILES string of the molecule is CC(C)[C@H](CC(=O)N1C(=O)OC[C@H]1c1ccccc1)[C@@H](N)C(=O)O. The zero-order valence-corrected chi connectivity index (χ0v) is 13.7. The molecule has 24 heavy (non-hydrogen) atoms. The highest BCUT2D eigenvalue weighted by Crippen LogP contribution is 2.30. The minimum absolute atomic E-state index is 0.0892. The number of carbonyl (C=O) groups excluding carboxylic acids is 2. The van der Waals surface area contributed by atoms with Crippen molar-refractivity contribution >= 4 is 18.0 Å². The second kappa shape index (κ2) is 7.44. The van der Waals surface area contributed by atoms with Crippen LogP contribution in [0.15, 0.2) is 30.3 Å². The van der Waals surface area contributed by atoms with Gasteiger partial charge < -0.3 is 15.6 Å². The lowest BCUT2D eigenvalue weighted by Gasteiger charge is -2.27. The Morgan fingerprint density at radius 2 is 1.96 bits per heavy atom. The van der Waals surface area contributed by atoms with E-state index < -0.39 is 36.0 Å². The zero-order chi connectivity index (χ0) is 17.9. The first kappa shape index (κ1) is 17.9. The molecule has 1 aromatic carbocycles. The highest BCUT2D eigenvalue weighted by molar-refractivity contribution is 5.94. The number of hydrogen-bond donors (Lipinski definition) is 2. The van der Waals surface area contributed by atoms with Gasteiger partial charge in [0.05, 0.1) is 0 Å². The number of rotatable bonds is 6. The Hall–Kier alpha value is -2.41. The van der Waals surface area contributed by atoms with E-state index in [0.29, 0.717) is 0 Å². The number of hydrogen-bond acceptors (Lipinski definition) is 5. The first-order valence-corrected chi connectivity index (χ1v) is 7.85. The highest BCUT2D eigenvalue weighted by Gasteiger charge is 2.41. The van der Waals surface area contributed by atoms with Gasteiger partial charge in [0, 0.05) is 6.42 Å². The molecule has 0 radical (unpaired) electrons. The summed E-state index contributed by atoms with van der Waals surface area (Å²) in [5, 5.41) is 9.12. The first-order chi connectivity index (χ1) is 11.3. The van der Waals surface area contributed by atoms with Crippen LogP contribution in [-0.2, 0) is 14.3 Å². The fourth-order valence-corrected chi connectivity index (χ4v) is 2.88. The number of amides is 2. The second-order valence-electron chi connectivity index (χ2n) is 6.24. The van der Waals surface area contributed by atoms with E-state index in [1.54, 1.807) is 13.8 Å². The summed E-state index contributed by atoms with van der Waals surface area (Å²) < 4.78 is 5.02. The third-order valence-electron chi connectivity index (χ3n) is 4.34. The van der Waals surface area contributed by atoms with E-state index in [-0.39, 0.29) is 18.9 Å². The number of carbonyl (C=O) groups is 3. The van der Waals surface area contributed by atoms with Crippen LogP contribution in [0.2, 0.25) is 0 Å². The number of nitrogens with two attached hydrogens (primary N) is 1. The largest absolute Gasteiger partial charge is 0.480 e. The third-order valence-corrected chi connectivity index (χ3v) is 4.34. The molecule has 1 saturated heterocycles. The summed E-state index contributed by atoms with van der Waals surface area (Å²) in [4.78, 5) is 36.9. The van der Waals surface area contributed by atoms with Crippen LogP contribution in [0.3, 0.4) is 0 Å². The van der Waals surface area contributed by atoms with Crippen LogP contribution in [0.1, 0.15) is 31.9 Å². The van der Waals surface area contributed by atoms with Crippen molar-refractivity contribution in [3.8, 4) is 0 Å². The highest BCUT2D eigenvalue weighted by atomic mass is 16.6. The Labute approximate surface area is 140 Å². The minimum Gasteiger partial charge on any atom is -0.480 e. The van der Waals surface area contributed by atoms with Crippen LogP contribution >= 0.6 is 0 Å². The van der Waals surface area contributed by atoms with Crippen molar-refractivity contribution < 1.29 is 24.2 Å². The number of nitrogens with zero attached hydrogens (tertiary/aromatic N) is 1. The molecule has 1 aliphatic rings. The Kier molecular flexibility index (Phi) is 5.56. The molecule has 130 valence electrons. The number of benzene rings is 1. The Balaban J connectivity index is 2.19. The lowest BCUT2D eigenvalue weighted by molar-refractivity contribution is -0.141. The summed E-state index contributed by atoms with van der Waals surface area (Å²) in [5.41, 5.74) is 6.49. The van der Waals surface area contributed by atoms with Crippen LogP contribution in [0.5, 0.6) is 0 Å². The molecule has 0 saturated carbocycles. The number of carboxylic acid groups (broad SMARTS) is 1. The van der Waals surface area contributed by atoms with E-state index in [0.717, 1.165) is 10.5 Å². The van der Waals surface area contributed by atoms with Crippen molar-refractivity contribution in [1.82, 2.24) is 4.90 Å². The van der Waals surface area contributed by atoms with Crippen molar-refractivity contribution in [3.63, 3.8) is 0 Å². The molecule has 1 aliphatic heterocycles. The van der Waals surface area contributed by atoms with Crippen molar-refractivity contribution in [2.45, 2.75) is 32.4 Å². The molecule has 3 atom stereocenters. The van der Waals surface area contributed by atoms with Gasteiger partial charge in [-0.05, 0) is 17.4 Å². The van der Waals surface area contributed by atoms with Gasteiger partial charge in [-0.15, -0.1) is 0 Å². The van der Waals surface area contributed by atoms with E-state index in [4.69, 9.17) is 15.6 Å². The molecule has 2 rings (SSSR count).